The third-order valence-corrected chi connectivity index (χ3v) is 2.86. The summed E-state index contributed by atoms with van der Waals surface area (Å²) in [6.45, 7) is 2.63. The molecule has 0 fully saturated rings. The summed E-state index contributed by atoms with van der Waals surface area (Å²) in [4.78, 5) is 4.28. The van der Waals surface area contributed by atoms with Crippen LogP contribution in [0, 0.1) is 6.92 Å². The van der Waals surface area contributed by atoms with Gasteiger partial charge in [-0.05, 0) is 18.1 Å². The van der Waals surface area contributed by atoms with Crippen LogP contribution in [-0.2, 0) is 7.05 Å². The second kappa shape index (κ2) is 4.45. The Labute approximate surface area is 95.1 Å². The average Bonchev–Trinajstić information content (AvgIpc) is 2.69. The lowest BCUT2D eigenvalue weighted by Gasteiger charge is -2.16. The Hall–Kier alpha value is -1.68. The highest BCUT2D eigenvalue weighted by atomic mass is 15.3. The van der Waals surface area contributed by atoms with E-state index in [2.05, 4.69) is 29.1 Å². The van der Waals surface area contributed by atoms with Gasteiger partial charge in [-0.3, -0.25) is 4.68 Å². The molecule has 0 aliphatic carbocycles. The number of nitrogens with zero attached hydrogens (tertiary/aromatic N) is 3. The molecule has 2 rings (SSSR count). The molecule has 4 nitrogen and oxygen atoms in total. The number of nitrogens with two attached hydrogens (primary N) is 1. The van der Waals surface area contributed by atoms with Crippen LogP contribution >= 0.6 is 0 Å². The van der Waals surface area contributed by atoms with Crippen molar-refractivity contribution in [3.63, 3.8) is 0 Å². The molecule has 84 valence electrons. The van der Waals surface area contributed by atoms with Gasteiger partial charge < -0.3 is 5.73 Å². The van der Waals surface area contributed by atoms with Crippen molar-refractivity contribution in [3.8, 4) is 0 Å². The highest BCUT2D eigenvalue weighted by Gasteiger charge is 2.18. The predicted molar refractivity (Wildman–Crippen MR) is 63.1 cm³/mol. The van der Waals surface area contributed by atoms with Gasteiger partial charge in [0.2, 0.25) is 0 Å². The molecule has 0 spiro atoms. The SMILES string of the molecule is Cc1ccccc1C(CN)c1ncnn1C. The lowest BCUT2D eigenvalue weighted by atomic mass is 9.94. The van der Waals surface area contributed by atoms with Gasteiger partial charge in [-0.2, -0.15) is 5.10 Å². The van der Waals surface area contributed by atoms with Gasteiger partial charge in [0.25, 0.3) is 0 Å². The third kappa shape index (κ3) is 1.84. The molecule has 1 unspecified atom stereocenters. The zero-order chi connectivity index (χ0) is 11.5. The standard InChI is InChI=1S/C12H16N4/c1-9-5-3-4-6-10(9)11(7-13)12-14-8-15-16(12)2/h3-6,8,11H,7,13H2,1-2H3. The summed E-state index contributed by atoms with van der Waals surface area (Å²) in [6, 6.07) is 8.25. The Morgan fingerprint density at radius 3 is 2.69 bits per heavy atom. The van der Waals surface area contributed by atoms with E-state index in [9.17, 15) is 0 Å². The van der Waals surface area contributed by atoms with Gasteiger partial charge in [0.15, 0.2) is 0 Å². The maximum atomic E-state index is 5.85. The summed E-state index contributed by atoms with van der Waals surface area (Å²) in [5.74, 6) is 1.03. The Balaban J connectivity index is 2.45. The van der Waals surface area contributed by atoms with Crippen molar-refractivity contribution < 1.29 is 0 Å². The summed E-state index contributed by atoms with van der Waals surface area (Å²) in [7, 11) is 1.89. The molecule has 16 heavy (non-hydrogen) atoms. The van der Waals surface area contributed by atoms with Crippen LogP contribution in [0.15, 0.2) is 30.6 Å². The van der Waals surface area contributed by atoms with Crippen molar-refractivity contribution in [3.05, 3.63) is 47.5 Å². The molecule has 0 radical (unpaired) electrons. The minimum Gasteiger partial charge on any atom is -0.329 e. The quantitative estimate of drug-likeness (QED) is 0.839. The smallest absolute Gasteiger partial charge is 0.138 e. The predicted octanol–water partition coefficient (Wildman–Crippen LogP) is 1.21. The van der Waals surface area contributed by atoms with Crippen molar-refractivity contribution in [2.24, 2.45) is 12.8 Å². The van der Waals surface area contributed by atoms with Crippen molar-refractivity contribution in [1.82, 2.24) is 14.8 Å². The maximum Gasteiger partial charge on any atom is 0.138 e. The Morgan fingerprint density at radius 1 is 1.38 bits per heavy atom. The highest BCUT2D eigenvalue weighted by molar-refractivity contribution is 5.33. The molecule has 2 aromatic rings. The molecule has 0 aliphatic heterocycles. The molecule has 4 heteroatoms. The summed E-state index contributed by atoms with van der Waals surface area (Å²) in [6.07, 6.45) is 1.57. The Morgan fingerprint density at radius 2 is 2.12 bits per heavy atom. The Bertz CT molecular complexity index is 475. The van der Waals surface area contributed by atoms with Gasteiger partial charge in [0.1, 0.15) is 12.2 Å². The molecule has 1 heterocycles. The first-order valence-corrected chi connectivity index (χ1v) is 5.33. The summed E-state index contributed by atoms with van der Waals surface area (Å²) in [5.41, 5.74) is 8.31. The number of hydrogen-bond donors (Lipinski definition) is 1. The van der Waals surface area contributed by atoms with Crippen LogP contribution < -0.4 is 5.73 Å². The van der Waals surface area contributed by atoms with Crippen molar-refractivity contribution in [2.45, 2.75) is 12.8 Å². The molecule has 1 aromatic heterocycles. The highest BCUT2D eigenvalue weighted by Crippen LogP contribution is 2.23. The molecule has 1 aromatic carbocycles. The Kier molecular flexibility index (Phi) is 3.01. The summed E-state index contributed by atoms with van der Waals surface area (Å²) in [5, 5.41) is 4.09. The molecular weight excluding hydrogens is 200 g/mol. The molecule has 0 saturated heterocycles. The van der Waals surface area contributed by atoms with Crippen molar-refractivity contribution in [2.75, 3.05) is 6.54 Å². The summed E-state index contributed by atoms with van der Waals surface area (Å²) < 4.78 is 1.78. The van der Waals surface area contributed by atoms with Gasteiger partial charge in [-0.25, -0.2) is 4.98 Å². The molecule has 0 amide bonds. The zero-order valence-electron chi connectivity index (χ0n) is 9.59. The fourth-order valence-electron chi connectivity index (χ4n) is 1.97. The van der Waals surface area contributed by atoms with Gasteiger partial charge >= 0.3 is 0 Å². The van der Waals surface area contributed by atoms with Crippen LogP contribution in [0.4, 0.5) is 0 Å². The second-order valence-electron chi connectivity index (χ2n) is 3.89. The number of aromatic nitrogens is 3. The molecule has 0 bridgehead atoms. The average molecular weight is 216 g/mol. The number of hydrogen-bond acceptors (Lipinski definition) is 3. The van der Waals surface area contributed by atoms with Gasteiger partial charge in [-0.1, -0.05) is 24.3 Å². The lowest BCUT2D eigenvalue weighted by Crippen LogP contribution is -2.18. The topological polar surface area (TPSA) is 56.7 Å². The fourth-order valence-corrected chi connectivity index (χ4v) is 1.97. The fraction of sp³-hybridized carbons (Fsp3) is 0.333. The summed E-state index contributed by atoms with van der Waals surface area (Å²) >= 11 is 0. The van der Waals surface area contributed by atoms with E-state index in [-0.39, 0.29) is 5.92 Å². The van der Waals surface area contributed by atoms with Crippen LogP contribution in [-0.4, -0.2) is 21.3 Å². The van der Waals surface area contributed by atoms with Gasteiger partial charge in [0, 0.05) is 13.6 Å². The van der Waals surface area contributed by atoms with Gasteiger partial charge in [-0.15, -0.1) is 0 Å². The first-order chi connectivity index (χ1) is 7.74. The largest absolute Gasteiger partial charge is 0.329 e. The molecule has 0 saturated carbocycles. The number of aryl methyl sites for hydroxylation is 2. The maximum absolute atomic E-state index is 5.85. The number of benzene rings is 1. The van der Waals surface area contributed by atoms with E-state index >= 15 is 0 Å². The first-order valence-electron chi connectivity index (χ1n) is 5.33. The van der Waals surface area contributed by atoms with E-state index in [0.29, 0.717) is 6.54 Å². The second-order valence-corrected chi connectivity index (χ2v) is 3.89. The molecular formula is C12H16N4. The van der Waals surface area contributed by atoms with Crippen molar-refractivity contribution >= 4 is 0 Å². The molecule has 1 atom stereocenters. The van der Waals surface area contributed by atoms with E-state index in [4.69, 9.17) is 5.73 Å². The normalized spacial score (nSPS) is 12.7. The van der Waals surface area contributed by atoms with Crippen LogP contribution in [0.5, 0.6) is 0 Å². The van der Waals surface area contributed by atoms with E-state index in [1.807, 2.05) is 19.2 Å². The minimum atomic E-state index is 0.119. The monoisotopic (exact) mass is 216 g/mol. The van der Waals surface area contributed by atoms with Crippen LogP contribution in [0.25, 0.3) is 0 Å². The van der Waals surface area contributed by atoms with Gasteiger partial charge in [0.05, 0.1) is 5.92 Å². The lowest BCUT2D eigenvalue weighted by molar-refractivity contribution is 0.647. The van der Waals surface area contributed by atoms with E-state index in [1.54, 1.807) is 11.0 Å². The van der Waals surface area contributed by atoms with E-state index < -0.39 is 0 Å². The van der Waals surface area contributed by atoms with Crippen LogP contribution in [0.2, 0.25) is 0 Å². The first kappa shape index (κ1) is 10.8. The van der Waals surface area contributed by atoms with E-state index in [0.717, 1.165) is 5.82 Å². The zero-order valence-corrected chi connectivity index (χ0v) is 9.59. The van der Waals surface area contributed by atoms with Crippen LogP contribution in [0.1, 0.15) is 22.9 Å². The van der Waals surface area contributed by atoms with Crippen molar-refractivity contribution in [1.29, 1.82) is 0 Å². The van der Waals surface area contributed by atoms with E-state index in [1.165, 1.54) is 11.1 Å². The molecule has 2 N–H and O–H groups in total. The molecule has 0 aliphatic rings. The third-order valence-electron chi connectivity index (χ3n) is 2.86. The minimum absolute atomic E-state index is 0.119. The number of rotatable bonds is 3. The van der Waals surface area contributed by atoms with Crippen LogP contribution in [0.3, 0.4) is 0 Å².